The molecule has 6 nitrogen and oxygen atoms in total. The zero-order valence-corrected chi connectivity index (χ0v) is 17.3. The molecule has 4 aromatic rings. The third kappa shape index (κ3) is 4.63. The Balaban J connectivity index is 1.46. The number of hydrogen-bond donors (Lipinski definition) is 1. The second-order valence-corrected chi connectivity index (χ2v) is 7.70. The van der Waals surface area contributed by atoms with Gasteiger partial charge < -0.3 is 14.3 Å². The number of furan rings is 1. The molecule has 4 rings (SSSR count). The minimum atomic E-state index is -0.0832. The predicted octanol–water partition coefficient (Wildman–Crippen LogP) is 4.21. The van der Waals surface area contributed by atoms with Crippen LogP contribution in [0.2, 0.25) is 0 Å². The van der Waals surface area contributed by atoms with Crippen molar-refractivity contribution in [2.75, 3.05) is 5.75 Å². The SMILES string of the molecule is C=CCn1c(Cc2cccc3ccccc23)nnc1SCC(=O)NCc1ccco1. The summed E-state index contributed by atoms with van der Waals surface area (Å²) in [5.41, 5.74) is 1.19. The molecule has 0 bridgehead atoms. The highest BCUT2D eigenvalue weighted by Crippen LogP contribution is 2.23. The fraction of sp³-hybridized carbons (Fsp3) is 0.174. The minimum absolute atomic E-state index is 0.0832. The van der Waals surface area contributed by atoms with Gasteiger partial charge in [0.05, 0.1) is 18.6 Å². The zero-order valence-electron chi connectivity index (χ0n) is 16.5. The number of hydrogen-bond acceptors (Lipinski definition) is 5. The number of thioether (sulfide) groups is 1. The maximum absolute atomic E-state index is 12.2. The fourth-order valence-corrected chi connectivity index (χ4v) is 4.06. The summed E-state index contributed by atoms with van der Waals surface area (Å²) in [6, 6.07) is 18.2. The van der Waals surface area contributed by atoms with Gasteiger partial charge in [0.2, 0.25) is 5.91 Å². The summed E-state index contributed by atoms with van der Waals surface area (Å²) in [6.45, 7) is 4.81. The summed E-state index contributed by atoms with van der Waals surface area (Å²) in [7, 11) is 0. The monoisotopic (exact) mass is 418 g/mol. The summed E-state index contributed by atoms with van der Waals surface area (Å²) >= 11 is 1.37. The lowest BCUT2D eigenvalue weighted by molar-refractivity contribution is -0.118. The lowest BCUT2D eigenvalue weighted by Gasteiger charge is -2.09. The first-order valence-corrected chi connectivity index (χ1v) is 10.6. The number of amides is 1. The van der Waals surface area contributed by atoms with Gasteiger partial charge in [0.1, 0.15) is 11.6 Å². The number of benzene rings is 2. The molecule has 0 spiro atoms. The van der Waals surface area contributed by atoms with Crippen molar-refractivity contribution >= 4 is 28.4 Å². The van der Waals surface area contributed by atoms with Gasteiger partial charge in [-0.05, 0) is 28.5 Å². The van der Waals surface area contributed by atoms with Crippen LogP contribution in [0.1, 0.15) is 17.1 Å². The van der Waals surface area contributed by atoms with Gasteiger partial charge >= 0.3 is 0 Å². The van der Waals surface area contributed by atoms with Crippen LogP contribution in [0.4, 0.5) is 0 Å². The third-order valence-electron chi connectivity index (χ3n) is 4.71. The van der Waals surface area contributed by atoms with E-state index < -0.39 is 0 Å². The van der Waals surface area contributed by atoms with Gasteiger partial charge in [0, 0.05) is 13.0 Å². The lowest BCUT2D eigenvalue weighted by atomic mass is 10.0. The van der Waals surface area contributed by atoms with E-state index in [9.17, 15) is 4.79 Å². The average molecular weight is 419 g/mol. The van der Waals surface area contributed by atoms with Crippen LogP contribution >= 0.6 is 11.8 Å². The van der Waals surface area contributed by atoms with Crippen molar-refractivity contribution in [3.05, 3.63) is 90.7 Å². The predicted molar refractivity (Wildman–Crippen MR) is 118 cm³/mol. The minimum Gasteiger partial charge on any atom is -0.467 e. The van der Waals surface area contributed by atoms with Crippen molar-refractivity contribution in [2.45, 2.75) is 24.7 Å². The molecular weight excluding hydrogens is 396 g/mol. The van der Waals surface area contributed by atoms with Crippen LogP contribution in [0, 0.1) is 0 Å². The van der Waals surface area contributed by atoms with Gasteiger partial charge in [-0.2, -0.15) is 0 Å². The Hall–Kier alpha value is -3.32. The molecule has 0 atom stereocenters. The molecule has 0 saturated heterocycles. The third-order valence-corrected chi connectivity index (χ3v) is 5.67. The molecule has 0 radical (unpaired) electrons. The number of carbonyl (C=O) groups excluding carboxylic acids is 1. The Morgan fingerprint density at radius 1 is 1.13 bits per heavy atom. The molecule has 1 amide bonds. The molecule has 152 valence electrons. The molecule has 2 aromatic carbocycles. The van der Waals surface area contributed by atoms with E-state index in [1.165, 1.54) is 28.1 Å². The van der Waals surface area contributed by atoms with Gasteiger partial charge in [0.25, 0.3) is 0 Å². The van der Waals surface area contributed by atoms with Crippen molar-refractivity contribution in [3.63, 3.8) is 0 Å². The van der Waals surface area contributed by atoms with Gasteiger partial charge in [0.15, 0.2) is 5.16 Å². The van der Waals surface area contributed by atoms with Gasteiger partial charge in [-0.1, -0.05) is 60.3 Å². The van der Waals surface area contributed by atoms with Crippen molar-refractivity contribution in [3.8, 4) is 0 Å². The van der Waals surface area contributed by atoms with E-state index in [2.05, 4.69) is 52.4 Å². The lowest BCUT2D eigenvalue weighted by Crippen LogP contribution is -2.24. The number of aromatic nitrogens is 3. The largest absolute Gasteiger partial charge is 0.467 e. The Kier molecular flexibility index (Phi) is 6.29. The Labute approximate surface area is 179 Å². The summed E-state index contributed by atoms with van der Waals surface area (Å²) in [5, 5.41) is 14.7. The molecule has 0 aliphatic rings. The van der Waals surface area contributed by atoms with E-state index in [1.807, 2.05) is 28.8 Å². The number of fused-ring (bicyclic) bond motifs is 1. The van der Waals surface area contributed by atoms with Crippen molar-refractivity contribution < 1.29 is 9.21 Å². The molecule has 30 heavy (non-hydrogen) atoms. The van der Waals surface area contributed by atoms with E-state index in [4.69, 9.17) is 4.42 Å². The first kappa shape index (κ1) is 20.0. The second kappa shape index (κ2) is 9.45. The van der Waals surface area contributed by atoms with E-state index in [0.717, 1.165) is 11.6 Å². The quantitative estimate of drug-likeness (QED) is 0.326. The van der Waals surface area contributed by atoms with E-state index >= 15 is 0 Å². The number of allylic oxidation sites excluding steroid dienone is 1. The normalized spacial score (nSPS) is 10.9. The first-order valence-electron chi connectivity index (χ1n) is 9.66. The second-order valence-electron chi connectivity index (χ2n) is 6.76. The zero-order chi connectivity index (χ0) is 20.8. The Bertz CT molecular complexity index is 1150. The Morgan fingerprint density at radius 3 is 2.83 bits per heavy atom. The molecule has 0 unspecified atom stereocenters. The van der Waals surface area contributed by atoms with Crippen molar-refractivity contribution in [1.82, 2.24) is 20.1 Å². The topological polar surface area (TPSA) is 73.0 Å². The van der Waals surface area contributed by atoms with Crippen LogP contribution in [0.15, 0.2) is 83.1 Å². The van der Waals surface area contributed by atoms with Crippen molar-refractivity contribution in [1.29, 1.82) is 0 Å². The van der Waals surface area contributed by atoms with Crippen LogP contribution in [-0.2, 0) is 24.3 Å². The van der Waals surface area contributed by atoms with Crippen LogP contribution in [-0.4, -0.2) is 26.4 Å². The van der Waals surface area contributed by atoms with Crippen LogP contribution in [0.5, 0.6) is 0 Å². The van der Waals surface area contributed by atoms with Gasteiger partial charge in [-0.25, -0.2) is 0 Å². The molecule has 2 aromatic heterocycles. The maximum Gasteiger partial charge on any atom is 0.230 e. The molecule has 0 aliphatic carbocycles. The number of rotatable bonds is 9. The molecule has 0 fully saturated rings. The highest BCUT2D eigenvalue weighted by molar-refractivity contribution is 7.99. The highest BCUT2D eigenvalue weighted by Gasteiger charge is 2.15. The molecule has 7 heteroatoms. The fourth-order valence-electron chi connectivity index (χ4n) is 3.27. The van der Waals surface area contributed by atoms with Crippen LogP contribution < -0.4 is 5.32 Å². The standard InChI is InChI=1S/C23H22N4O2S/c1-2-12-27-21(14-18-9-5-8-17-7-3-4-11-20(17)18)25-26-23(27)30-16-22(28)24-15-19-10-6-13-29-19/h2-11,13H,1,12,14-16H2,(H,24,28). The summed E-state index contributed by atoms with van der Waals surface area (Å²) in [6.07, 6.45) is 4.07. The number of nitrogens with zero attached hydrogens (tertiary/aromatic N) is 3. The number of nitrogens with one attached hydrogen (secondary N) is 1. The molecule has 1 N–H and O–H groups in total. The van der Waals surface area contributed by atoms with Crippen molar-refractivity contribution in [2.24, 2.45) is 0 Å². The van der Waals surface area contributed by atoms with Gasteiger partial charge in [-0.3, -0.25) is 4.79 Å². The Morgan fingerprint density at radius 2 is 2.00 bits per heavy atom. The summed E-state index contributed by atoms with van der Waals surface area (Å²) < 4.78 is 7.24. The van der Waals surface area contributed by atoms with E-state index in [-0.39, 0.29) is 11.7 Å². The summed E-state index contributed by atoms with van der Waals surface area (Å²) in [4.78, 5) is 12.2. The molecule has 2 heterocycles. The first-order chi connectivity index (χ1) is 14.7. The maximum atomic E-state index is 12.2. The molecular formula is C23H22N4O2S. The average Bonchev–Trinajstić information content (AvgIpc) is 3.42. The summed E-state index contributed by atoms with van der Waals surface area (Å²) in [5.74, 6) is 1.75. The smallest absolute Gasteiger partial charge is 0.230 e. The van der Waals surface area contributed by atoms with Gasteiger partial charge in [-0.15, -0.1) is 16.8 Å². The number of carbonyl (C=O) groups is 1. The van der Waals surface area contributed by atoms with E-state index in [1.54, 1.807) is 12.3 Å². The highest BCUT2D eigenvalue weighted by atomic mass is 32.2. The molecule has 0 aliphatic heterocycles. The van der Waals surface area contributed by atoms with Crippen LogP contribution in [0.3, 0.4) is 0 Å². The van der Waals surface area contributed by atoms with E-state index in [0.29, 0.717) is 24.7 Å². The van der Waals surface area contributed by atoms with Crippen LogP contribution in [0.25, 0.3) is 10.8 Å². The molecule has 0 saturated carbocycles.